The Hall–Kier alpha value is -4.00. The Morgan fingerprint density at radius 3 is 0.702 bits per heavy atom. The maximum absolute atomic E-state index is 15.2. The van der Waals surface area contributed by atoms with Gasteiger partial charge in [0.15, 0.2) is 116 Å². The first-order valence-electron chi connectivity index (χ1n) is 16.2. The summed E-state index contributed by atoms with van der Waals surface area (Å²) in [7, 11) is -3.55. The molecular weight excluding hydrogens is 843 g/mol. The van der Waals surface area contributed by atoms with E-state index in [1.807, 2.05) is 0 Å². The number of hydrogen-bond donors (Lipinski definition) is 0. The van der Waals surface area contributed by atoms with Crippen LogP contribution in [0.15, 0.2) is 0 Å². The first-order chi connectivity index (χ1) is 26.5. The summed E-state index contributed by atoms with van der Waals surface area (Å²) in [5, 5.41) is 0. The quantitative estimate of drug-likeness (QED) is 0.0486. The van der Waals surface area contributed by atoms with Crippen molar-refractivity contribution in [1.29, 1.82) is 0 Å². The lowest BCUT2D eigenvalue weighted by molar-refractivity contribution is 0.382. The molecule has 0 radical (unpaired) electrons. The summed E-state index contributed by atoms with van der Waals surface area (Å²) in [6.07, 6.45) is -3.67. The lowest BCUT2D eigenvalue weighted by Gasteiger charge is -2.33. The van der Waals surface area contributed by atoms with Crippen molar-refractivity contribution in [2.24, 2.45) is 0 Å². The maximum Gasteiger partial charge on any atom is 0.228 e. The molecule has 1 saturated heterocycles. The van der Waals surface area contributed by atoms with Gasteiger partial charge in [-0.2, -0.15) is 4.67 Å². The van der Waals surface area contributed by atoms with Crippen LogP contribution < -0.4 is 21.9 Å². The minimum Gasteiger partial charge on any atom is -0.204 e. The summed E-state index contributed by atoms with van der Waals surface area (Å²) in [6.45, 7) is -4.67. The fourth-order valence-electron chi connectivity index (χ4n) is 6.97. The Bertz CT molecular complexity index is 1880. The zero-order chi connectivity index (χ0) is 42.7. The lowest BCUT2D eigenvalue weighted by Crippen LogP contribution is -2.52. The Labute approximate surface area is 309 Å². The van der Waals surface area contributed by atoms with Gasteiger partial charge in [-0.15, -0.1) is 0 Å². The van der Waals surface area contributed by atoms with Crippen molar-refractivity contribution < 1.29 is 87.8 Å². The van der Waals surface area contributed by atoms with E-state index in [1.165, 1.54) is 11.3 Å². The van der Waals surface area contributed by atoms with Crippen molar-refractivity contribution in [2.45, 2.75) is 25.5 Å². The van der Waals surface area contributed by atoms with E-state index < -0.39 is 184 Å². The summed E-state index contributed by atoms with van der Waals surface area (Å²) in [5.74, 6) is -54.9. The van der Waals surface area contributed by atoms with Crippen LogP contribution >= 0.6 is 7.41 Å². The number of nitrogens with zero attached hydrogens (tertiary/aromatic N) is 1. The third-order valence-electron chi connectivity index (χ3n) is 9.93. The molecule has 0 unspecified atom stereocenters. The standard InChI is InChI=1S/C33H19B2F20NP/c1-57(56-6-2-3-7-56,8-4-34(10-14(36)22(44)30(52)23(45)15(10)37)11-16(38)24(46)31(53)25(47)17(11)39)9-5-35(12-18(40)26(48)32(54)27(49)19(12)41)13-20(42)28(50)33(55)29(51)21(13)43/h2-9H2,1H3/q+1. The van der Waals surface area contributed by atoms with Gasteiger partial charge in [0.05, 0.1) is 26.4 Å². The Morgan fingerprint density at radius 2 is 0.509 bits per heavy atom. The predicted octanol–water partition coefficient (Wildman–Crippen LogP) is 8.05. The van der Waals surface area contributed by atoms with Gasteiger partial charge < -0.3 is 0 Å². The van der Waals surface area contributed by atoms with Crippen molar-refractivity contribution in [2.75, 3.05) is 32.1 Å². The van der Waals surface area contributed by atoms with Crippen molar-refractivity contribution in [3.8, 4) is 0 Å². The molecule has 0 aromatic heterocycles. The monoisotopic (exact) mass is 862 g/mol. The largest absolute Gasteiger partial charge is 0.228 e. The van der Waals surface area contributed by atoms with Gasteiger partial charge in [0.2, 0.25) is 13.4 Å². The second-order valence-electron chi connectivity index (χ2n) is 13.1. The van der Waals surface area contributed by atoms with Gasteiger partial charge in [-0.05, 0) is 25.5 Å². The van der Waals surface area contributed by atoms with Crippen LogP contribution in [0.3, 0.4) is 0 Å². The second-order valence-corrected chi connectivity index (χ2v) is 17.2. The molecule has 306 valence electrons. The minimum absolute atomic E-state index is 0.00425. The predicted molar refractivity (Wildman–Crippen MR) is 168 cm³/mol. The van der Waals surface area contributed by atoms with E-state index in [2.05, 4.69) is 0 Å². The molecule has 24 heteroatoms. The van der Waals surface area contributed by atoms with E-state index in [1.54, 1.807) is 0 Å². The molecule has 5 rings (SSSR count). The zero-order valence-electron chi connectivity index (χ0n) is 28.3. The van der Waals surface area contributed by atoms with Crippen molar-refractivity contribution >= 4 is 42.7 Å². The smallest absolute Gasteiger partial charge is 0.204 e. The van der Waals surface area contributed by atoms with Crippen LogP contribution in [0, 0.1) is 116 Å². The number of halogens is 20. The van der Waals surface area contributed by atoms with Crippen LogP contribution in [0.1, 0.15) is 12.8 Å². The molecule has 0 aliphatic carbocycles. The second kappa shape index (κ2) is 16.3. The van der Waals surface area contributed by atoms with Crippen LogP contribution in [0.25, 0.3) is 0 Å². The van der Waals surface area contributed by atoms with Crippen molar-refractivity contribution in [3.63, 3.8) is 0 Å². The molecule has 1 aliphatic rings. The number of benzene rings is 4. The molecule has 4 aromatic rings. The molecule has 0 atom stereocenters. The fraction of sp³-hybridized carbons (Fsp3) is 0.273. The summed E-state index contributed by atoms with van der Waals surface area (Å²) in [5.41, 5.74) is -8.32. The van der Waals surface area contributed by atoms with Gasteiger partial charge in [-0.25, -0.2) is 87.8 Å². The summed E-state index contributed by atoms with van der Waals surface area (Å²) in [6, 6.07) is 0. The molecule has 1 aliphatic heterocycles. The Balaban J connectivity index is 1.70. The Kier molecular flexibility index (Phi) is 12.6. The van der Waals surface area contributed by atoms with Gasteiger partial charge in [0.25, 0.3) is 0 Å². The molecule has 0 amide bonds. The molecule has 1 fully saturated rings. The van der Waals surface area contributed by atoms with E-state index in [9.17, 15) is 52.7 Å². The van der Waals surface area contributed by atoms with Crippen LogP contribution in [0.4, 0.5) is 87.8 Å². The molecule has 4 aromatic carbocycles. The topological polar surface area (TPSA) is 3.24 Å². The summed E-state index contributed by atoms with van der Waals surface area (Å²) >= 11 is 0. The minimum atomic E-state index is -3.55. The highest BCUT2D eigenvalue weighted by Gasteiger charge is 2.48. The third kappa shape index (κ3) is 7.35. The molecular formula is C33H19B2F20NP+. The molecule has 0 saturated carbocycles. The van der Waals surface area contributed by atoms with Crippen LogP contribution in [0.2, 0.25) is 12.6 Å². The molecule has 0 N–H and O–H groups in total. The molecule has 1 heterocycles. The third-order valence-corrected chi connectivity index (χ3v) is 14.1. The fourth-order valence-corrected chi connectivity index (χ4v) is 10.6. The highest BCUT2D eigenvalue weighted by atomic mass is 31.2. The average Bonchev–Trinajstić information content (AvgIpc) is 3.75. The normalized spacial score (nSPS) is 13.6. The van der Waals surface area contributed by atoms with Gasteiger partial charge in [-0.3, -0.25) is 0 Å². The van der Waals surface area contributed by atoms with Gasteiger partial charge in [-0.1, -0.05) is 0 Å². The zero-order valence-corrected chi connectivity index (χ0v) is 29.2. The van der Waals surface area contributed by atoms with E-state index in [-0.39, 0.29) is 13.1 Å². The summed E-state index contributed by atoms with van der Waals surface area (Å²) in [4.78, 5) is 0. The van der Waals surface area contributed by atoms with Crippen LogP contribution in [0.5, 0.6) is 0 Å². The van der Waals surface area contributed by atoms with Crippen LogP contribution in [-0.4, -0.2) is 50.2 Å². The lowest BCUT2D eigenvalue weighted by atomic mass is 9.38. The first kappa shape index (κ1) is 44.1. The number of hydrogen-bond acceptors (Lipinski definition) is 1. The van der Waals surface area contributed by atoms with Crippen LogP contribution in [-0.2, 0) is 0 Å². The molecule has 0 bridgehead atoms. The SMILES string of the molecule is C[P+](CCB(c1c(F)c(F)c(F)c(F)c1F)c1c(F)c(F)c(F)c(F)c1F)(CCB(c1c(F)c(F)c(F)c(F)c1F)c1c(F)c(F)c(F)c(F)c1F)N1CCCC1. The number of rotatable bonds is 11. The highest BCUT2D eigenvalue weighted by Crippen LogP contribution is 2.61. The molecule has 1 nitrogen and oxygen atoms in total. The van der Waals surface area contributed by atoms with Gasteiger partial charge >= 0.3 is 0 Å². The van der Waals surface area contributed by atoms with E-state index in [0.29, 0.717) is 12.8 Å². The molecule has 0 spiro atoms. The molecule has 57 heavy (non-hydrogen) atoms. The maximum atomic E-state index is 15.2. The van der Waals surface area contributed by atoms with E-state index in [4.69, 9.17) is 0 Å². The van der Waals surface area contributed by atoms with E-state index >= 15 is 35.1 Å². The first-order valence-corrected chi connectivity index (χ1v) is 18.7. The van der Waals surface area contributed by atoms with E-state index in [0.717, 1.165) is 0 Å². The van der Waals surface area contributed by atoms with Crippen molar-refractivity contribution in [1.82, 2.24) is 4.67 Å². The van der Waals surface area contributed by atoms with Gasteiger partial charge in [0, 0.05) is 34.9 Å². The highest BCUT2D eigenvalue weighted by molar-refractivity contribution is 7.73. The van der Waals surface area contributed by atoms with Gasteiger partial charge in [0.1, 0.15) is 0 Å². The Morgan fingerprint density at radius 1 is 0.333 bits per heavy atom. The average molecular weight is 862 g/mol. The van der Waals surface area contributed by atoms with Crippen molar-refractivity contribution in [3.05, 3.63) is 116 Å². The summed E-state index contributed by atoms with van der Waals surface area (Å²) < 4.78 is 295.